The Morgan fingerprint density at radius 3 is 2.75 bits per heavy atom. The molecule has 5 heteroatoms. The fourth-order valence-electron chi connectivity index (χ4n) is 1.29. The van der Waals surface area contributed by atoms with E-state index >= 15 is 0 Å². The molecule has 1 N–H and O–H groups in total. The average molecular weight is 224 g/mol. The van der Waals surface area contributed by atoms with Gasteiger partial charge in [-0.25, -0.2) is 4.79 Å². The molecule has 16 heavy (non-hydrogen) atoms. The number of rotatable bonds is 4. The van der Waals surface area contributed by atoms with E-state index in [-0.39, 0.29) is 5.97 Å². The van der Waals surface area contributed by atoms with Gasteiger partial charge in [-0.2, -0.15) is 0 Å². The van der Waals surface area contributed by atoms with E-state index in [1.807, 2.05) is 13.0 Å². The van der Waals surface area contributed by atoms with Gasteiger partial charge in [0.25, 0.3) is 0 Å². The second-order valence-electron chi connectivity index (χ2n) is 3.42. The van der Waals surface area contributed by atoms with Crippen molar-refractivity contribution >= 4 is 11.7 Å². The summed E-state index contributed by atoms with van der Waals surface area (Å²) in [6.45, 7) is 3.59. The third-order valence-corrected chi connectivity index (χ3v) is 2.15. The van der Waals surface area contributed by atoms with E-state index in [2.05, 4.69) is 15.0 Å². The molecule has 88 valence electrons. The summed E-state index contributed by atoms with van der Waals surface area (Å²) in [4.78, 5) is 15.4. The monoisotopic (exact) mass is 224 g/mol. The number of anilines is 1. The second-order valence-corrected chi connectivity index (χ2v) is 3.42. The molecule has 0 radical (unpaired) electrons. The fourth-order valence-corrected chi connectivity index (χ4v) is 1.29. The van der Waals surface area contributed by atoms with Gasteiger partial charge in [-0.1, -0.05) is 0 Å². The topological polar surface area (TPSA) is 60.5 Å². The zero-order chi connectivity index (χ0) is 12.1. The molecule has 1 unspecified atom stereocenters. The number of aryl methyl sites for hydroxylation is 1. The van der Waals surface area contributed by atoms with E-state index < -0.39 is 6.04 Å². The van der Waals surface area contributed by atoms with Crippen LogP contribution in [-0.4, -0.2) is 31.2 Å². The number of carbonyl (C=O) groups is 1. The van der Waals surface area contributed by atoms with Crippen molar-refractivity contribution in [3.8, 4) is 5.75 Å². The Hall–Kier alpha value is -1.78. The molecule has 0 saturated heterocycles. The number of nitrogens with one attached hydrogen (secondary N) is 1. The molecule has 0 fully saturated rings. The maximum atomic E-state index is 11.3. The number of esters is 1. The highest BCUT2D eigenvalue weighted by atomic mass is 16.5. The Kier molecular flexibility index (Phi) is 4.10. The Bertz CT molecular complexity index is 379. The van der Waals surface area contributed by atoms with Gasteiger partial charge in [0.05, 0.1) is 26.1 Å². The summed E-state index contributed by atoms with van der Waals surface area (Å²) in [5, 5.41) is 3.01. The molecule has 1 aromatic rings. The summed E-state index contributed by atoms with van der Waals surface area (Å²) >= 11 is 0. The van der Waals surface area contributed by atoms with Gasteiger partial charge in [-0.05, 0) is 19.9 Å². The normalized spacial score (nSPS) is 11.8. The van der Waals surface area contributed by atoms with Crippen molar-refractivity contribution in [3.63, 3.8) is 0 Å². The van der Waals surface area contributed by atoms with Crippen LogP contribution in [-0.2, 0) is 9.53 Å². The lowest BCUT2D eigenvalue weighted by molar-refractivity contribution is -0.141. The maximum Gasteiger partial charge on any atom is 0.327 e. The van der Waals surface area contributed by atoms with Gasteiger partial charge in [-0.3, -0.25) is 4.98 Å². The summed E-state index contributed by atoms with van der Waals surface area (Å²) in [7, 11) is 2.91. The third kappa shape index (κ3) is 2.85. The number of ether oxygens (including phenoxy) is 2. The van der Waals surface area contributed by atoms with Crippen LogP contribution in [0.5, 0.6) is 5.75 Å². The van der Waals surface area contributed by atoms with Crippen molar-refractivity contribution in [1.82, 2.24) is 4.98 Å². The van der Waals surface area contributed by atoms with Crippen LogP contribution in [0.2, 0.25) is 0 Å². The van der Waals surface area contributed by atoms with Crippen molar-refractivity contribution in [2.75, 3.05) is 19.5 Å². The van der Waals surface area contributed by atoms with Crippen LogP contribution in [0.25, 0.3) is 0 Å². The van der Waals surface area contributed by atoms with Gasteiger partial charge in [0.1, 0.15) is 6.04 Å². The molecule has 0 amide bonds. The minimum absolute atomic E-state index is 0.323. The smallest absolute Gasteiger partial charge is 0.327 e. The summed E-state index contributed by atoms with van der Waals surface area (Å²) in [6.07, 6.45) is 1.61. The zero-order valence-corrected chi connectivity index (χ0v) is 9.90. The highest BCUT2D eigenvalue weighted by Crippen LogP contribution is 2.24. The number of carbonyl (C=O) groups excluding carboxylic acids is 1. The van der Waals surface area contributed by atoms with Gasteiger partial charge in [0, 0.05) is 5.69 Å². The number of hydrogen-bond acceptors (Lipinski definition) is 5. The Balaban J connectivity index is 2.86. The van der Waals surface area contributed by atoms with Crippen LogP contribution >= 0.6 is 0 Å². The number of methoxy groups -OCH3 is 2. The van der Waals surface area contributed by atoms with Crippen LogP contribution in [0.15, 0.2) is 12.3 Å². The van der Waals surface area contributed by atoms with Crippen LogP contribution in [0.1, 0.15) is 12.6 Å². The molecular weight excluding hydrogens is 208 g/mol. The maximum absolute atomic E-state index is 11.3. The summed E-state index contributed by atoms with van der Waals surface area (Å²) in [5.74, 6) is 0.276. The summed E-state index contributed by atoms with van der Waals surface area (Å²) in [5.41, 5.74) is 1.58. The van der Waals surface area contributed by atoms with E-state index in [0.717, 1.165) is 11.4 Å². The first-order valence-corrected chi connectivity index (χ1v) is 4.93. The quantitative estimate of drug-likeness (QED) is 0.783. The number of pyridine rings is 1. The number of hydrogen-bond donors (Lipinski definition) is 1. The highest BCUT2D eigenvalue weighted by Gasteiger charge is 2.14. The average Bonchev–Trinajstić information content (AvgIpc) is 2.28. The number of aromatic nitrogens is 1. The minimum atomic E-state index is -0.430. The molecule has 0 aliphatic heterocycles. The van der Waals surface area contributed by atoms with E-state index in [4.69, 9.17) is 4.74 Å². The molecule has 1 atom stereocenters. The van der Waals surface area contributed by atoms with Gasteiger partial charge >= 0.3 is 5.97 Å². The minimum Gasteiger partial charge on any atom is -0.493 e. The predicted molar refractivity (Wildman–Crippen MR) is 60.6 cm³/mol. The fraction of sp³-hybridized carbons (Fsp3) is 0.455. The van der Waals surface area contributed by atoms with Crippen molar-refractivity contribution < 1.29 is 14.3 Å². The largest absolute Gasteiger partial charge is 0.493 e. The lowest BCUT2D eigenvalue weighted by Gasteiger charge is -2.15. The molecule has 5 nitrogen and oxygen atoms in total. The molecule has 1 heterocycles. The van der Waals surface area contributed by atoms with Crippen LogP contribution in [0.4, 0.5) is 5.69 Å². The lowest BCUT2D eigenvalue weighted by atomic mass is 10.2. The Labute approximate surface area is 94.8 Å². The molecule has 0 spiro atoms. The molecule has 0 aromatic carbocycles. The van der Waals surface area contributed by atoms with Crippen molar-refractivity contribution in [1.29, 1.82) is 0 Å². The van der Waals surface area contributed by atoms with Gasteiger partial charge in [0.2, 0.25) is 0 Å². The van der Waals surface area contributed by atoms with Crippen LogP contribution in [0.3, 0.4) is 0 Å². The SMILES string of the molecule is COC(=O)C(C)Nc1cc(C)ncc1OC. The molecule has 0 aliphatic rings. The molecule has 0 saturated carbocycles. The summed E-state index contributed by atoms with van der Waals surface area (Å²) in [6, 6.07) is 1.39. The standard InChI is InChI=1S/C11H16N2O3/c1-7-5-9(10(15-3)6-12-7)13-8(2)11(14)16-4/h5-6,8H,1-4H3,(H,12,13). The number of nitrogens with zero attached hydrogens (tertiary/aromatic N) is 1. The zero-order valence-electron chi connectivity index (χ0n) is 9.90. The molecule has 1 aromatic heterocycles. The van der Waals surface area contributed by atoms with E-state index in [9.17, 15) is 4.79 Å². The molecule has 0 aliphatic carbocycles. The van der Waals surface area contributed by atoms with E-state index in [0.29, 0.717) is 5.75 Å². The molecular formula is C11H16N2O3. The van der Waals surface area contributed by atoms with Gasteiger partial charge < -0.3 is 14.8 Å². The highest BCUT2D eigenvalue weighted by molar-refractivity contribution is 5.79. The van der Waals surface area contributed by atoms with Crippen LogP contribution in [0, 0.1) is 6.92 Å². The van der Waals surface area contributed by atoms with E-state index in [1.54, 1.807) is 20.2 Å². The predicted octanol–water partition coefficient (Wildman–Crippen LogP) is 1.37. The van der Waals surface area contributed by atoms with Gasteiger partial charge in [0.15, 0.2) is 5.75 Å². The second kappa shape index (κ2) is 5.34. The summed E-state index contributed by atoms with van der Waals surface area (Å²) < 4.78 is 9.77. The van der Waals surface area contributed by atoms with Crippen molar-refractivity contribution in [2.45, 2.75) is 19.9 Å². The Morgan fingerprint density at radius 1 is 1.50 bits per heavy atom. The first-order chi connectivity index (χ1) is 7.58. The first kappa shape index (κ1) is 12.3. The Morgan fingerprint density at radius 2 is 2.19 bits per heavy atom. The van der Waals surface area contributed by atoms with Crippen LogP contribution < -0.4 is 10.1 Å². The first-order valence-electron chi connectivity index (χ1n) is 4.93. The van der Waals surface area contributed by atoms with Crippen molar-refractivity contribution in [2.24, 2.45) is 0 Å². The van der Waals surface area contributed by atoms with Gasteiger partial charge in [-0.15, -0.1) is 0 Å². The third-order valence-electron chi connectivity index (χ3n) is 2.15. The molecule has 1 rings (SSSR count). The molecule has 0 bridgehead atoms. The van der Waals surface area contributed by atoms with Crippen molar-refractivity contribution in [3.05, 3.63) is 18.0 Å². The lowest BCUT2D eigenvalue weighted by Crippen LogP contribution is -2.27. The van der Waals surface area contributed by atoms with E-state index in [1.165, 1.54) is 7.11 Å².